The van der Waals surface area contributed by atoms with Crippen LogP contribution in [0.1, 0.15) is 90.9 Å². The molecule has 0 aliphatic rings. The van der Waals surface area contributed by atoms with Crippen LogP contribution < -0.4 is 5.32 Å². The first kappa shape index (κ1) is 20.4. The second-order valence-electron chi connectivity index (χ2n) is 6.07. The lowest BCUT2D eigenvalue weighted by molar-refractivity contribution is -0.145. The quantitative estimate of drug-likeness (QED) is 0.347. The topological polar surface area (TPSA) is 38.3 Å². The van der Waals surface area contributed by atoms with E-state index in [4.69, 9.17) is 4.74 Å². The molecule has 0 bridgehead atoms. The summed E-state index contributed by atoms with van der Waals surface area (Å²) in [4.78, 5) is 11.4. The van der Waals surface area contributed by atoms with E-state index in [2.05, 4.69) is 12.2 Å². The highest BCUT2D eigenvalue weighted by Crippen LogP contribution is 2.11. The Bertz CT molecular complexity index is 231. The molecule has 0 radical (unpaired) electrons. The van der Waals surface area contributed by atoms with Crippen molar-refractivity contribution in [3.05, 3.63) is 0 Å². The number of nitrogens with one attached hydrogen (secondary N) is 1. The third-order valence-corrected chi connectivity index (χ3v) is 4.03. The molecule has 0 spiro atoms. The van der Waals surface area contributed by atoms with Crippen LogP contribution in [0.2, 0.25) is 0 Å². The highest BCUT2D eigenvalue weighted by molar-refractivity contribution is 5.75. The van der Waals surface area contributed by atoms with E-state index in [9.17, 15) is 4.79 Å². The number of unbranched alkanes of at least 4 members (excludes halogenated alkanes) is 11. The fourth-order valence-corrected chi connectivity index (χ4v) is 2.36. The van der Waals surface area contributed by atoms with E-state index in [0.717, 1.165) is 6.42 Å². The lowest BCUT2D eigenvalue weighted by Gasteiger charge is -2.09. The van der Waals surface area contributed by atoms with Crippen molar-refractivity contribution in [1.29, 1.82) is 0 Å². The van der Waals surface area contributed by atoms with Gasteiger partial charge in [-0.25, -0.2) is 0 Å². The van der Waals surface area contributed by atoms with Crippen molar-refractivity contribution >= 4 is 5.97 Å². The molecule has 1 atom stereocenters. The summed E-state index contributed by atoms with van der Waals surface area (Å²) in [6.45, 7) is 4.66. The standard InChI is InChI=1S/C18H37NO2/c1-4-5-6-7-8-9-10-11-12-13-14-15-16-21-18(20)17(2)19-3/h17,19H,4-16H2,1-3H3. The van der Waals surface area contributed by atoms with Crippen LogP contribution in [-0.2, 0) is 9.53 Å². The molecule has 0 saturated heterocycles. The lowest BCUT2D eigenvalue weighted by atomic mass is 10.1. The summed E-state index contributed by atoms with van der Waals surface area (Å²) in [7, 11) is 1.77. The van der Waals surface area contributed by atoms with Gasteiger partial charge in [-0.3, -0.25) is 4.79 Å². The molecule has 0 heterocycles. The van der Waals surface area contributed by atoms with Gasteiger partial charge in [0.05, 0.1) is 6.61 Å². The molecule has 21 heavy (non-hydrogen) atoms. The van der Waals surface area contributed by atoms with E-state index in [1.807, 2.05) is 6.92 Å². The van der Waals surface area contributed by atoms with E-state index in [1.54, 1.807) is 7.05 Å². The third kappa shape index (κ3) is 14.1. The Hall–Kier alpha value is -0.570. The molecule has 0 aromatic heterocycles. The maximum atomic E-state index is 11.4. The summed E-state index contributed by atoms with van der Waals surface area (Å²) in [5.41, 5.74) is 0. The van der Waals surface area contributed by atoms with Gasteiger partial charge < -0.3 is 10.1 Å². The Morgan fingerprint density at radius 2 is 1.29 bits per heavy atom. The summed E-state index contributed by atoms with van der Waals surface area (Å²) in [5, 5.41) is 2.89. The first-order chi connectivity index (χ1) is 10.2. The molecule has 0 fully saturated rings. The van der Waals surface area contributed by atoms with Gasteiger partial charge in [0.25, 0.3) is 0 Å². The van der Waals surface area contributed by atoms with Gasteiger partial charge in [0.15, 0.2) is 0 Å². The molecule has 0 aromatic rings. The second kappa shape index (κ2) is 15.8. The van der Waals surface area contributed by atoms with Crippen molar-refractivity contribution in [2.24, 2.45) is 0 Å². The normalized spacial score (nSPS) is 12.3. The van der Waals surface area contributed by atoms with Crippen molar-refractivity contribution in [3.8, 4) is 0 Å². The van der Waals surface area contributed by atoms with E-state index < -0.39 is 0 Å². The number of likely N-dealkylation sites (N-methyl/N-ethyl adjacent to an activating group) is 1. The Labute approximate surface area is 132 Å². The van der Waals surface area contributed by atoms with E-state index >= 15 is 0 Å². The second-order valence-corrected chi connectivity index (χ2v) is 6.07. The molecule has 0 aliphatic carbocycles. The van der Waals surface area contributed by atoms with Crippen LogP contribution in [0, 0.1) is 0 Å². The average molecular weight is 299 g/mol. The maximum absolute atomic E-state index is 11.4. The summed E-state index contributed by atoms with van der Waals surface area (Å²) in [5.74, 6) is -0.138. The molecule has 3 heteroatoms. The van der Waals surface area contributed by atoms with Gasteiger partial charge >= 0.3 is 5.97 Å². The van der Waals surface area contributed by atoms with Crippen LogP contribution >= 0.6 is 0 Å². The molecule has 1 N–H and O–H groups in total. The van der Waals surface area contributed by atoms with Gasteiger partial charge in [0.1, 0.15) is 6.04 Å². The molecule has 126 valence electrons. The van der Waals surface area contributed by atoms with Gasteiger partial charge in [0, 0.05) is 0 Å². The Kier molecular flexibility index (Phi) is 15.4. The van der Waals surface area contributed by atoms with Gasteiger partial charge in [-0.1, -0.05) is 77.6 Å². The lowest BCUT2D eigenvalue weighted by Crippen LogP contribution is -2.32. The smallest absolute Gasteiger partial charge is 0.322 e. The van der Waals surface area contributed by atoms with Crippen molar-refractivity contribution in [1.82, 2.24) is 5.32 Å². The van der Waals surface area contributed by atoms with Crippen LogP contribution in [0.15, 0.2) is 0 Å². The number of rotatable bonds is 15. The van der Waals surface area contributed by atoms with Crippen LogP contribution in [0.5, 0.6) is 0 Å². The Morgan fingerprint density at radius 1 is 0.857 bits per heavy atom. The van der Waals surface area contributed by atoms with Gasteiger partial charge in [0.2, 0.25) is 0 Å². The molecular formula is C18H37NO2. The van der Waals surface area contributed by atoms with Crippen LogP contribution in [0.4, 0.5) is 0 Å². The minimum Gasteiger partial charge on any atom is -0.465 e. The predicted molar refractivity (Wildman–Crippen MR) is 90.6 cm³/mol. The zero-order valence-electron chi connectivity index (χ0n) is 14.6. The van der Waals surface area contributed by atoms with Gasteiger partial charge in [-0.05, 0) is 20.4 Å². The van der Waals surface area contributed by atoms with Crippen LogP contribution in [0.25, 0.3) is 0 Å². The molecule has 0 aromatic carbocycles. The SMILES string of the molecule is CCCCCCCCCCCCCCOC(=O)C(C)NC. The first-order valence-electron chi connectivity index (χ1n) is 9.06. The van der Waals surface area contributed by atoms with Gasteiger partial charge in [-0.15, -0.1) is 0 Å². The molecule has 0 saturated carbocycles. The molecule has 0 rings (SSSR count). The van der Waals surface area contributed by atoms with Gasteiger partial charge in [-0.2, -0.15) is 0 Å². The minimum atomic E-state index is -0.192. The first-order valence-corrected chi connectivity index (χ1v) is 9.06. The van der Waals surface area contributed by atoms with Crippen LogP contribution in [-0.4, -0.2) is 25.7 Å². The number of hydrogen-bond acceptors (Lipinski definition) is 3. The molecular weight excluding hydrogens is 262 g/mol. The fraction of sp³-hybridized carbons (Fsp3) is 0.944. The monoisotopic (exact) mass is 299 g/mol. The van der Waals surface area contributed by atoms with Crippen molar-refractivity contribution < 1.29 is 9.53 Å². The zero-order chi connectivity index (χ0) is 15.8. The number of esters is 1. The molecule has 0 amide bonds. The minimum absolute atomic E-state index is 0.138. The largest absolute Gasteiger partial charge is 0.465 e. The van der Waals surface area contributed by atoms with Crippen molar-refractivity contribution in [3.63, 3.8) is 0 Å². The maximum Gasteiger partial charge on any atom is 0.322 e. The number of hydrogen-bond donors (Lipinski definition) is 1. The predicted octanol–water partition coefficient (Wildman–Crippen LogP) is 4.84. The Morgan fingerprint density at radius 3 is 1.71 bits per heavy atom. The highest BCUT2D eigenvalue weighted by atomic mass is 16.5. The number of carbonyl (C=O) groups is 1. The van der Waals surface area contributed by atoms with Crippen LogP contribution in [0.3, 0.4) is 0 Å². The summed E-state index contributed by atoms with van der Waals surface area (Å²) >= 11 is 0. The number of ether oxygens (including phenoxy) is 1. The van der Waals surface area contributed by atoms with Crippen molar-refractivity contribution in [2.75, 3.05) is 13.7 Å². The third-order valence-electron chi connectivity index (χ3n) is 4.03. The van der Waals surface area contributed by atoms with Crippen molar-refractivity contribution in [2.45, 2.75) is 96.9 Å². The van der Waals surface area contributed by atoms with E-state index in [-0.39, 0.29) is 12.0 Å². The molecule has 0 aliphatic heterocycles. The average Bonchev–Trinajstić information content (AvgIpc) is 2.50. The summed E-state index contributed by atoms with van der Waals surface area (Å²) < 4.78 is 5.19. The van der Waals surface area contributed by atoms with E-state index in [1.165, 1.54) is 70.6 Å². The molecule has 1 unspecified atom stereocenters. The summed E-state index contributed by atoms with van der Waals surface area (Å²) in [6, 6.07) is -0.192. The fourth-order valence-electron chi connectivity index (χ4n) is 2.36. The molecule has 3 nitrogen and oxygen atoms in total. The Balaban J connectivity index is 3.11. The highest BCUT2D eigenvalue weighted by Gasteiger charge is 2.10. The zero-order valence-corrected chi connectivity index (χ0v) is 14.6. The number of carbonyl (C=O) groups excluding carboxylic acids is 1. The summed E-state index contributed by atoms with van der Waals surface area (Å²) in [6.07, 6.45) is 15.9. The van der Waals surface area contributed by atoms with E-state index in [0.29, 0.717) is 6.61 Å².